The van der Waals surface area contributed by atoms with Crippen molar-refractivity contribution >= 4 is 0 Å². The van der Waals surface area contributed by atoms with Crippen LogP contribution in [-0.2, 0) is 0 Å². The zero-order chi connectivity index (χ0) is 8.81. The van der Waals surface area contributed by atoms with E-state index in [1.54, 1.807) is 0 Å². The van der Waals surface area contributed by atoms with E-state index in [1.807, 2.05) is 0 Å². The van der Waals surface area contributed by atoms with Gasteiger partial charge in [-0.3, -0.25) is 0 Å². The lowest BCUT2D eigenvalue weighted by Gasteiger charge is -2.22. The fourth-order valence-corrected chi connectivity index (χ4v) is 1.53. The van der Waals surface area contributed by atoms with Crippen LogP contribution in [0.25, 0.3) is 0 Å². The van der Waals surface area contributed by atoms with Gasteiger partial charge in [-0.05, 0) is 38.6 Å². The summed E-state index contributed by atoms with van der Waals surface area (Å²) in [5, 5.41) is 3.42. The summed E-state index contributed by atoms with van der Waals surface area (Å²) >= 11 is 0. The molecular formula is C11H21N. The van der Waals surface area contributed by atoms with Crippen LogP contribution in [0, 0.1) is 5.92 Å². The van der Waals surface area contributed by atoms with Gasteiger partial charge in [-0.15, -0.1) is 0 Å². The molecule has 0 amide bonds. The SMILES string of the molecule is CCCNCC(C)=CC1CCC1. The van der Waals surface area contributed by atoms with Gasteiger partial charge in [0, 0.05) is 6.54 Å². The summed E-state index contributed by atoms with van der Waals surface area (Å²) in [6, 6.07) is 0. The molecule has 0 saturated heterocycles. The van der Waals surface area contributed by atoms with Gasteiger partial charge in [0.1, 0.15) is 0 Å². The molecule has 0 aromatic carbocycles. The number of allylic oxidation sites excluding steroid dienone is 1. The normalized spacial score (nSPS) is 19.3. The summed E-state index contributed by atoms with van der Waals surface area (Å²) in [5.74, 6) is 0.911. The number of rotatable bonds is 5. The molecule has 0 aromatic heterocycles. The largest absolute Gasteiger partial charge is 0.313 e. The summed E-state index contributed by atoms with van der Waals surface area (Å²) in [5.41, 5.74) is 1.52. The van der Waals surface area contributed by atoms with Gasteiger partial charge >= 0.3 is 0 Å². The molecule has 1 N–H and O–H groups in total. The third kappa shape index (κ3) is 3.40. The molecule has 1 rings (SSSR count). The van der Waals surface area contributed by atoms with Crippen molar-refractivity contribution in [1.82, 2.24) is 5.32 Å². The lowest BCUT2D eigenvalue weighted by Crippen LogP contribution is -2.18. The summed E-state index contributed by atoms with van der Waals surface area (Å²) in [6.45, 7) is 6.68. The fourth-order valence-electron chi connectivity index (χ4n) is 1.53. The molecule has 1 fully saturated rings. The van der Waals surface area contributed by atoms with Gasteiger partial charge in [0.2, 0.25) is 0 Å². The van der Waals surface area contributed by atoms with E-state index in [9.17, 15) is 0 Å². The molecule has 0 heterocycles. The second-order valence-corrected chi connectivity index (χ2v) is 3.88. The average Bonchev–Trinajstić information content (AvgIpc) is 1.98. The van der Waals surface area contributed by atoms with Crippen molar-refractivity contribution in [3.8, 4) is 0 Å². The Labute approximate surface area is 76.2 Å². The van der Waals surface area contributed by atoms with Crippen LogP contribution < -0.4 is 5.32 Å². The Morgan fingerprint density at radius 1 is 1.50 bits per heavy atom. The van der Waals surface area contributed by atoms with E-state index < -0.39 is 0 Å². The maximum atomic E-state index is 3.42. The number of nitrogens with one attached hydrogen (secondary N) is 1. The molecule has 0 aliphatic heterocycles. The second-order valence-electron chi connectivity index (χ2n) is 3.88. The highest BCUT2D eigenvalue weighted by Gasteiger charge is 2.14. The highest BCUT2D eigenvalue weighted by Crippen LogP contribution is 2.28. The predicted octanol–water partition coefficient (Wildman–Crippen LogP) is 2.73. The summed E-state index contributed by atoms with van der Waals surface area (Å²) in [4.78, 5) is 0. The number of hydrogen-bond acceptors (Lipinski definition) is 1. The van der Waals surface area contributed by atoms with E-state index in [-0.39, 0.29) is 0 Å². The number of hydrogen-bond donors (Lipinski definition) is 1. The minimum atomic E-state index is 0.911. The van der Waals surface area contributed by atoms with Gasteiger partial charge in [-0.25, -0.2) is 0 Å². The van der Waals surface area contributed by atoms with Crippen molar-refractivity contribution in [2.75, 3.05) is 13.1 Å². The van der Waals surface area contributed by atoms with Gasteiger partial charge < -0.3 is 5.32 Å². The molecule has 1 saturated carbocycles. The van der Waals surface area contributed by atoms with Crippen LogP contribution in [0.3, 0.4) is 0 Å². The standard InChI is InChI=1S/C11H21N/c1-3-7-12-9-10(2)8-11-5-4-6-11/h8,11-12H,3-7,9H2,1-2H3. The molecule has 12 heavy (non-hydrogen) atoms. The highest BCUT2D eigenvalue weighted by atomic mass is 14.8. The first-order chi connectivity index (χ1) is 5.83. The lowest BCUT2D eigenvalue weighted by atomic mass is 9.84. The molecule has 1 aliphatic carbocycles. The summed E-state index contributed by atoms with van der Waals surface area (Å²) in [6.07, 6.45) is 7.97. The van der Waals surface area contributed by atoms with Crippen LogP contribution in [0.4, 0.5) is 0 Å². The smallest absolute Gasteiger partial charge is 0.0161 e. The van der Waals surface area contributed by atoms with Crippen LogP contribution in [0.5, 0.6) is 0 Å². The molecule has 70 valence electrons. The van der Waals surface area contributed by atoms with Gasteiger partial charge in [0.15, 0.2) is 0 Å². The van der Waals surface area contributed by atoms with Gasteiger partial charge in [-0.2, -0.15) is 0 Å². The molecule has 0 unspecified atom stereocenters. The molecule has 0 radical (unpaired) electrons. The Morgan fingerprint density at radius 2 is 2.25 bits per heavy atom. The Morgan fingerprint density at radius 3 is 2.75 bits per heavy atom. The van der Waals surface area contributed by atoms with Crippen molar-refractivity contribution in [2.45, 2.75) is 39.5 Å². The Hall–Kier alpha value is -0.300. The topological polar surface area (TPSA) is 12.0 Å². The molecule has 0 spiro atoms. The van der Waals surface area contributed by atoms with Gasteiger partial charge in [-0.1, -0.05) is 25.0 Å². The van der Waals surface area contributed by atoms with E-state index in [0.717, 1.165) is 19.0 Å². The molecule has 1 heteroatoms. The van der Waals surface area contributed by atoms with Crippen LogP contribution in [0.1, 0.15) is 39.5 Å². The molecule has 0 aromatic rings. The highest BCUT2D eigenvalue weighted by molar-refractivity contribution is 5.04. The monoisotopic (exact) mass is 167 g/mol. The minimum Gasteiger partial charge on any atom is -0.313 e. The van der Waals surface area contributed by atoms with Crippen molar-refractivity contribution in [3.63, 3.8) is 0 Å². The van der Waals surface area contributed by atoms with E-state index in [0.29, 0.717) is 0 Å². The second kappa shape index (κ2) is 5.36. The van der Waals surface area contributed by atoms with Crippen molar-refractivity contribution in [2.24, 2.45) is 5.92 Å². The van der Waals surface area contributed by atoms with Gasteiger partial charge in [0.25, 0.3) is 0 Å². The molecule has 0 bridgehead atoms. The van der Waals surface area contributed by atoms with Crippen LogP contribution in [-0.4, -0.2) is 13.1 Å². The summed E-state index contributed by atoms with van der Waals surface area (Å²) < 4.78 is 0. The fraction of sp³-hybridized carbons (Fsp3) is 0.818. The zero-order valence-corrected chi connectivity index (χ0v) is 8.40. The lowest BCUT2D eigenvalue weighted by molar-refractivity contribution is 0.385. The van der Waals surface area contributed by atoms with E-state index in [4.69, 9.17) is 0 Å². The molecule has 0 atom stereocenters. The maximum Gasteiger partial charge on any atom is 0.0161 e. The Bertz CT molecular complexity index is 145. The molecule has 1 aliphatic rings. The molecule has 1 nitrogen and oxygen atoms in total. The van der Waals surface area contributed by atoms with Crippen LogP contribution in [0.2, 0.25) is 0 Å². The van der Waals surface area contributed by atoms with E-state index in [2.05, 4.69) is 25.2 Å². The summed E-state index contributed by atoms with van der Waals surface area (Å²) in [7, 11) is 0. The van der Waals surface area contributed by atoms with E-state index in [1.165, 1.54) is 31.3 Å². The van der Waals surface area contributed by atoms with Crippen molar-refractivity contribution in [3.05, 3.63) is 11.6 Å². The third-order valence-electron chi connectivity index (χ3n) is 2.50. The van der Waals surface area contributed by atoms with Gasteiger partial charge in [0.05, 0.1) is 0 Å². The van der Waals surface area contributed by atoms with E-state index >= 15 is 0 Å². The Kier molecular flexibility index (Phi) is 4.37. The van der Waals surface area contributed by atoms with Crippen molar-refractivity contribution in [1.29, 1.82) is 0 Å². The predicted molar refractivity (Wildman–Crippen MR) is 54.3 cm³/mol. The Balaban J connectivity index is 2.08. The van der Waals surface area contributed by atoms with Crippen LogP contribution in [0.15, 0.2) is 11.6 Å². The van der Waals surface area contributed by atoms with Crippen molar-refractivity contribution < 1.29 is 0 Å². The maximum absolute atomic E-state index is 3.42. The zero-order valence-electron chi connectivity index (χ0n) is 8.40. The quantitative estimate of drug-likeness (QED) is 0.490. The first-order valence-electron chi connectivity index (χ1n) is 5.21. The minimum absolute atomic E-state index is 0.911. The third-order valence-corrected chi connectivity index (χ3v) is 2.50. The average molecular weight is 167 g/mol. The first-order valence-corrected chi connectivity index (χ1v) is 5.21. The molecular weight excluding hydrogens is 146 g/mol. The van der Waals surface area contributed by atoms with Crippen LogP contribution >= 0.6 is 0 Å². The first kappa shape index (κ1) is 9.79.